The predicted molar refractivity (Wildman–Crippen MR) is 77.1 cm³/mol. The molecule has 0 aliphatic rings. The SMILES string of the molecule is COc1cc(C)cc(C)c1CNC(C)(C)CCN. The van der Waals surface area contributed by atoms with Crippen LogP contribution >= 0.6 is 0 Å². The van der Waals surface area contributed by atoms with Crippen LogP contribution in [0.4, 0.5) is 0 Å². The van der Waals surface area contributed by atoms with E-state index in [4.69, 9.17) is 10.5 Å². The largest absolute Gasteiger partial charge is 0.496 e. The zero-order chi connectivity index (χ0) is 13.8. The first-order valence-corrected chi connectivity index (χ1v) is 6.49. The average Bonchev–Trinajstić information content (AvgIpc) is 2.26. The summed E-state index contributed by atoms with van der Waals surface area (Å²) in [4.78, 5) is 0. The van der Waals surface area contributed by atoms with E-state index in [2.05, 4.69) is 45.1 Å². The van der Waals surface area contributed by atoms with E-state index < -0.39 is 0 Å². The number of hydrogen-bond donors (Lipinski definition) is 2. The molecule has 0 radical (unpaired) electrons. The van der Waals surface area contributed by atoms with Crippen molar-refractivity contribution in [2.75, 3.05) is 13.7 Å². The fraction of sp³-hybridized carbons (Fsp3) is 0.600. The molecule has 0 aromatic heterocycles. The third-order valence-corrected chi connectivity index (χ3v) is 3.31. The van der Waals surface area contributed by atoms with E-state index in [-0.39, 0.29) is 5.54 Å². The minimum Gasteiger partial charge on any atom is -0.496 e. The number of rotatable bonds is 6. The van der Waals surface area contributed by atoms with E-state index in [0.29, 0.717) is 6.54 Å². The van der Waals surface area contributed by atoms with Gasteiger partial charge in [-0.05, 0) is 57.9 Å². The van der Waals surface area contributed by atoms with Crippen molar-refractivity contribution in [3.8, 4) is 5.75 Å². The van der Waals surface area contributed by atoms with E-state index in [9.17, 15) is 0 Å². The maximum absolute atomic E-state index is 5.62. The highest BCUT2D eigenvalue weighted by Gasteiger charge is 2.17. The fourth-order valence-electron chi connectivity index (χ4n) is 2.14. The van der Waals surface area contributed by atoms with Gasteiger partial charge in [0.05, 0.1) is 7.11 Å². The molecule has 0 spiro atoms. The zero-order valence-electron chi connectivity index (χ0n) is 12.3. The molecule has 0 bridgehead atoms. The number of nitrogens with one attached hydrogen (secondary N) is 1. The summed E-state index contributed by atoms with van der Waals surface area (Å²) in [5.74, 6) is 0.962. The van der Waals surface area contributed by atoms with Crippen LogP contribution in [0.25, 0.3) is 0 Å². The normalized spacial score (nSPS) is 11.7. The Bertz CT molecular complexity index is 400. The molecule has 3 nitrogen and oxygen atoms in total. The Kier molecular flexibility index (Phi) is 5.17. The van der Waals surface area contributed by atoms with Gasteiger partial charge in [-0.25, -0.2) is 0 Å². The second-order valence-corrected chi connectivity index (χ2v) is 5.54. The van der Waals surface area contributed by atoms with Crippen molar-refractivity contribution in [3.63, 3.8) is 0 Å². The molecule has 1 aromatic rings. The highest BCUT2D eigenvalue weighted by molar-refractivity contribution is 5.43. The standard InChI is InChI=1S/C15H26N2O/c1-11-8-12(2)13(14(9-11)18-5)10-17-15(3,4)6-7-16/h8-9,17H,6-7,10,16H2,1-5H3. The molecule has 3 heteroatoms. The molecule has 18 heavy (non-hydrogen) atoms. The van der Waals surface area contributed by atoms with E-state index in [1.54, 1.807) is 7.11 Å². The number of nitrogens with two attached hydrogens (primary N) is 1. The van der Waals surface area contributed by atoms with Crippen LogP contribution in [-0.4, -0.2) is 19.2 Å². The van der Waals surface area contributed by atoms with Crippen LogP contribution < -0.4 is 15.8 Å². The van der Waals surface area contributed by atoms with Crippen LogP contribution in [0.3, 0.4) is 0 Å². The van der Waals surface area contributed by atoms with E-state index in [1.165, 1.54) is 16.7 Å². The quantitative estimate of drug-likeness (QED) is 0.815. The molecule has 0 aliphatic carbocycles. The smallest absolute Gasteiger partial charge is 0.123 e. The van der Waals surface area contributed by atoms with Gasteiger partial charge in [0.2, 0.25) is 0 Å². The molecule has 0 saturated heterocycles. The minimum atomic E-state index is 0.0527. The maximum Gasteiger partial charge on any atom is 0.123 e. The second kappa shape index (κ2) is 6.21. The number of hydrogen-bond acceptors (Lipinski definition) is 3. The molecule has 102 valence electrons. The lowest BCUT2D eigenvalue weighted by atomic mass is 9.98. The molecule has 1 rings (SSSR count). The van der Waals surface area contributed by atoms with E-state index in [0.717, 1.165) is 18.7 Å². The Morgan fingerprint density at radius 3 is 2.50 bits per heavy atom. The first-order valence-electron chi connectivity index (χ1n) is 6.49. The molecule has 0 fully saturated rings. The van der Waals surface area contributed by atoms with E-state index in [1.807, 2.05) is 0 Å². The second-order valence-electron chi connectivity index (χ2n) is 5.54. The lowest BCUT2D eigenvalue weighted by molar-refractivity contribution is 0.356. The molecule has 0 unspecified atom stereocenters. The van der Waals surface area contributed by atoms with Crippen molar-refractivity contribution >= 4 is 0 Å². The highest BCUT2D eigenvalue weighted by Crippen LogP contribution is 2.24. The van der Waals surface area contributed by atoms with Crippen LogP contribution in [0.1, 0.15) is 37.0 Å². The van der Waals surface area contributed by atoms with Gasteiger partial charge in [-0.2, -0.15) is 0 Å². The summed E-state index contributed by atoms with van der Waals surface area (Å²) in [5.41, 5.74) is 9.40. The lowest BCUT2D eigenvalue weighted by Gasteiger charge is -2.27. The number of benzene rings is 1. The Morgan fingerprint density at radius 1 is 1.28 bits per heavy atom. The van der Waals surface area contributed by atoms with Crippen LogP contribution in [0.5, 0.6) is 5.75 Å². The number of ether oxygens (including phenoxy) is 1. The predicted octanol–water partition coefficient (Wildman–Crippen LogP) is 2.53. The van der Waals surface area contributed by atoms with Gasteiger partial charge in [-0.15, -0.1) is 0 Å². The maximum atomic E-state index is 5.62. The third kappa shape index (κ3) is 4.00. The number of methoxy groups -OCH3 is 1. The third-order valence-electron chi connectivity index (χ3n) is 3.31. The van der Waals surface area contributed by atoms with Gasteiger partial charge in [0, 0.05) is 17.6 Å². The zero-order valence-corrected chi connectivity index (χ0v) is 12.3. The molecular weight excluding hydrogens is 224 g/mol. The van der Waals surface area contributed by atoms with Crippen molar-refractivity contribution < 1.29 is 4.74 Å². The summed E-state index contributed by atoms with van der Waals surface area (Å²) in [6, 6.07) is 4.27. The van der Waals surface area contributed by atoms with Crippen molar-refractivity contribution in [1.82, 2.24) is 5.32 Å². The van der Waals surface area contributed by atoms with Crippen LogP contribution in [0, 0.1) is 13.8 Å². The minimum absolute atomic E-state index is 0.0527. The highest BCUT2D eigenvalue weighted by atomic mass is 16.5. The Labute approximate surface area is 111 Å². The molecule has 0 amide bonds. The van der Waals surface area contributed by atoms with Gasteiger partial charge in [0.1, 0.15) is 5.75 Å². The van der Waals surface area contributed by atoms with E-state index >= 15 is 0 Å². The van der Waals surface area contributed by atoms with Gasteiger partial charge >= 0.3 is 0 Å². The summed E-state index contributed by atoms with van der Waals surface area (Å²) in [6.07, 6.45) is 0.959. The monoisotopic (exact) mass is 250 g/mol. The molecule has 0 atom stereocenters. The van der Waals surface area contributed by atoms with Gasteiger partial charge in [-0.1, -0.05) is 6.07 Å². The molecule has 1 aromatic carbocycles. The van der Waals surface area contributed by atoms with Crippen LogP contribution in [0.2, 0.25) is 0 Å². The topological polar surface area (TPSA) is 47.3 Å². The molecule has 0 heterocycles. The van der Waals surface area contributed by atoms with Crippen molar-refractivity contribution in [2.45, 2.75) is 46.2 Å². The van der Waals surface area contributed by atoms with Crippen LogP contribution in [-0.2, 0) is 6.54 Å². The number of aryl methyl sites for hydroxylation is 2. The Morgan fingerprint density at radius 2 is 1.94 bits per heavy atom. The summed E-state index contributed by atoms with van der Waals surface area (Å²) < 4.78 is 5.47. The van der Waals surface area contributed by atoms with Crippen molar-refractivity contribution in [2.24, 2.45) is 5.73 Å². The molecule has 3 N–H and O–H groups in total. The Hall–Kier alpha value is -1.06. The van der Waals surface area contributed by atoms with Gasteiger partial charge in [-0.3, -0.25) is 0 Å². The Balaban J connectivity index is 2.84. The molecule has 0 aliphatic heterocycles. The first kappa shape index (κ1) is 15.0. The summed E-state index contributed by atoms with van der Waals surface area (Å²) in [7, 11) is 1.72. The average molecular weight is 250 g/mol. The van der Waals surface area contributed by atoms with Gasteiger partial charge in [0.25, 0.3) is 0 Å². The van der Waals surface area contributed by atoms with Crippen molar-refractivity contribution in [3.05, 3.63) is 28.8 Å². The summed E-state index contributed by atoms with van der Waals surface area (Å²) in [6.45, 7) is 10.1. The van der Waals surface area contributed by atoms with Crippen LogP contribution in [0.15, 0.2) is 12.1 Å². The summed E-state index contributed by atoms with van der Waals surface area (Å²) >= 11 is 0. The van der Waals surface area contributed by atoms with Crippen molar-refractivity contribution in [1.29, 1.82) is 0 Å². The molecular formula is C15H26N2O. The molecule has 0 saturated carbocycles. The van der Waals surface area contributed by atoms with Gasteiger partial charge < -0.3 is 15.8 Å². The first-order chi connectivity index (χ1) is 8.39. The summed E-state index contributed by atoms with van der Waals surface area (Å²) in [5, 5.41) is 3.55. The van der Waals surface area contributed by atoms with Gasteiger partial charge in [0.15, 0.2) is 0 Å². The fourth-order valence-corrected chi connectivity index (χ4v) is 2.14. The lowest BCUT2D eigenvalue weighted by Crippen LogP contribution is -2.40.